The molecule has 0 aromatic rings. The van der Waals surface area contributed by atoms with E-state index < -0.39 is 20.4 Å². The highest BCUT2D eigenvalue weighted by molar-refractivity contribution is 6.61. The molecule has 0 unspecified atom stereocenters. The summed E-state index contributed by atoms with van der Waals surface area (Å²) in [6, 6.07) is 0. The molecule has 0 saturated carbocycles. The Morgan fingerprint density at radius 1 is 0.800 bits per heavy atom. The first-order valence-electron chi connectivity index (χ1n) is 2.13. The van der Waals surface area contributed by atoms with Gasteiger partial charge >= 0.3 is 20.4 Å². The second kappa shape index (κ2) is 2.44. The molecule has 10 heavy (non-hydrogen) atoms. The summed E-state index contributed by atoms with van der Waals surface area (Å²) in [4.78, 5) is 0. The molecule has 0 nitrogen and oxygen atoms in total. The van der Waals surface area contributed by atoms with Gasteiger partial charge in [-0.05, 0) is 0 Å². The van der Waals surface area contributed by atoms with E-state index in [1.807, 2.05) is 0 Å². The maximum absolute atomic E-state index is 11.3. The zero-order valence-corrected chi connectivity index (χ0v) is 5.77. The van der Waals surface area contributed by atoms with E-state index in [1.54, 1.807) is 0 Å². The Morgan fingerprint density at radius 3 is 1.00 bits per heavy atom. The fourth-order valence-electron chi connectivity index (χ4n) is 0.161. The van der Waals surface area contributed by atoms with Gasteiger partial charge < -0.3 is 0 Å². The largest absolute Gasteiger partial charge is 0.370 e. The van der Waals surface area contributed by atoms with Crippen molar-refractivity contribution in [3.63, 3.8) is 0 Å². The van der Waals surface area contributed by atoms with Crippen LogP contribution in [0.3, 0.4) is 0 Å². The molecule has 0 bridgehead atoms. The van der Waals surface area contributed by atoms with E-state index in [2.05, 4.69) is 0 Å². The Hall–Kier alpha value is -0.203. The molecular formula is C3H3F6Si. The molecule has 0 aromatic carbocycles. The van der Waals surface area contributed by atoms with Crippen LogP contribution in [0, 0.1) is 0 Å². The normalized spacial score (nSPS) is 14.4. The molecule has 1 radical (unpaired) electrons. The summed E-state index contributed by atoms with van der Waals surface area (Å²) in [5, 5.41) is 0. The highest BCUT2D eigenvalue weighted by Crippen LogP contribution is 2.31. The second-order valence-electron chi connectivity index (χ2n) is 1.62. The molecule has 0 fully saturated rings. The van der Waals surface area contributed by atoms with E-state index in [0.717, 1.165) is 0 Å². The molecule has 7 heteroatoms. The van der Waals surface area contributed by atoms with Crippen LogP contribution >= 0.6 is 0 Å². The smallest absolute Gasteiger partial charge is 0.177 e. The average molecular weight is 181 g/mol. The third-order valence-electron chi connectivity index (χ3n) is 0.850. The lowest BCUT2D eigenvalue weighted by Crippen LogP contribution is -2.44. The Labute approximate surface area is 54.4 Å². The van der Waals surface area contributed by atoms with Gasteiger partial charge in [0.05, 0.1) is 0 Å². The Morgan fingerprint density at radius 2 is 1.00 bits per heavy atom. The van der Waals surface area contributed by atoms with E-state index in [1.165, 1.54) is 0 Å². The first-order valence-corrected chi connectivity index (χ1v) is 4.13. The lowest BCUT2D eigenvalue weighted by molar-refractivity contribution is -0.103. The van der Waals surface area contributed by atoms with E-state index in [-0.39, 0.29) is 6.55 Å². The number of hydrogen-bond donors (Lipinski definition) is 0. The van der Waals surface area contributed by atoms with Crippen molar-refractivity contribution in [1.29, 1.82) is 0 Å². The molecule has 0 aliphatic rings. The summed E-state index contributed by atoms with van der Waals surface area (Å²) in [7, 11) is -4.22. The lowest BCUT2D eigenvalue weighted by atomic mass is 11.5. The molecule has 0 spiro atoms. The molecule has 0 aliphatic heterocycles. The molecule has 0 atom stereocenters. The standard InChI is InChI=1S/C3H3F6Si/c1-10(2(4,5)6)3(7,8)9/h1H3. The van der Waals surface area contributed by atoms with E-state index in [9.17, 15) is 26.3 Å². The summed E-state index contributed by atoms with van der Waals surface area (Å²) in [6.07, 6.45) is 0. The van der Waals surface area contributed by atoms with E-state index in [0.29, 0.717) is 0 Å². The summed E-state index contributed by atoms with van der Waals surface area (Å²) in [6.45, 7) is 0.185. The van der Waals surface area contributed by atoms with Gasteiger partial charge in [-0.3, -0.25) is 0 Å². The van der Waals surface area contributed by atoms with E-state index in [4.69, 9.17) is 0 Å². The topological polar surface area (TPSA) is 0 Å². The van der Waals surface area contributed by atoms with Crippen molar-refractivity contribution in [3.8, 4) is 0 Å². The van der Waals surface area contributed by atoms with Gasteiger partial charge in [-0.25, -0.2) is 0 Å². The van der Waals surface area contributed by atoms with Crippen LogP contribution in [0.1, 0.15) is 0 Å². The molecule has 0 aromatic heterocycles. The van der Waals surface area contributed by atoms with Crippen LogP contribution in [0.5, 0.6) is 0 Å². The number of hydrogen-bond acceptors (Lipinski definition) is 0. The summed E-state index contributed by atoms with van der Waals surface area (Å²) >= 11 is 0. The summed E-state index contributed by atoms with van der Waals surface area (Å²) < 4.78 is 67.6. The second-order valence-corrected chi connectivity index (χ2v) is 4.00. The Bertz CT molecular complexity index is 97.1. The number of rotatable bonds is 0. The van der Waals surface area contributed by atoms with Gasteiger partial charge in [0.1, 0.15) is 0 Å². The van der Waals surface area contributed by atoms with Crippen LogP contribution in [0.4, 0.5) is 26.3 Å². The minimum atomic E-state index is -5.08. The maximum Gasteiger partial charge on any atom is 0.370 e. The fraction of sp³-hybridized carbons (Fsp3) is 1.00. The van der Waals surface area contributed by atoms with Crippen molar-refractivity contribution in [2.75, 3.05) is 0 Å². The van der Waals surface area contributed by atoms with E-state index >= 15 is 0 Å². The van der Waals surface area contributed by atoms with Crippen LogP contribution < -0.4 is 0 Å². The Kier molecular flexibility index (Phi) is 2.39. The van der Waals surface area contributed by atoms with Crippen LogP contribution in [0.2, 0.25) is 6.55 Å². The quantitative estimate of drug-likeness (QED) is 0.397. The third-order valence-corrected chi connectivity index (χ3v) is 2.55. The molecule has 0 saturated heterocycles. The lowest BCUT2D eigenvalue weighted by Gasteiger charge is -2.15. The van der Waals surface area contributed by atoms with Gasteiger partial charge in [0.15, 0.2) is 0 Å². The van der Waals surface area contributed by atoms with Crippen LogP contribution in [0.15, 0.2) is 0 Å². The highest BCUT2D eigenvalue weighted by Gasteiger charge is 2.55. The molecule has 0 heterocycles. The number of alkyl halides is 6. The monoisotopic (exact) mass is 181 g/mol. The molecule has 0 N–H and O–H groups in total. The average Bonchev–Trinajstić information content (AvgIpc) is 1.59. The van der Waals surface area contributed by atoms with Gasteiger partial charge in [-0.2, -0.15) is 26.3 Å². The molecule has 0 rings (SSSR count). The Balaban J connectivity index is 4.23. The molecule has 61 valence electrons. The SMILES string of the molecule is C[Si](C(F)(F)F)C(F)(F)F. The molecular weight excluding hydrogens is 178 g/mol. The van der Waals surface area contributed by atoms with Crippen LogP contribution in [0.25, 0.3) is 0 Å². The van der Waals surface area contributed by atoms with Crippen LogP contribution in [-0.2, 0) is 0 Å². The van der Waals surface area contributed by atoms with Crippen molar-refractivity contribution in [2.24, 2.45) is 0 Å². The molecule has 0 aliphatic carbocycles. The fourth-order valence-corrected chi connectivity index (χ4v) is 0.482. The number of halogens is 6. The van der Waals surface area contributed by atoms with Crippen LogP contribution in [-0.4, -0.2) is 20.4 Å². The van der Waals surface area contributed by atoms with Crippen molar-refractivity contribution in [2.45, 2.75) is 18.1 Å². The van der Waals surface area contributed by atoms with Crippen molar-refractivity contribution in [1.82, 2.24) is 0 Å². The predicted octanol–water partition coefficient (Wildman–Crippen LogP) is 2.31. The van der Waals surface area contributed by atoms with Gasteiger partial charge in [0, 0.05) is 0 Å². The minimum Gasteiger partial charge on any atom is -0.177 e. The first-order chi connectivity index (χ1) is 4.15. The first kappa shape index (κ1) is 9.80. The summed E-state index contributed by atoms with van der Waals surface area (Å²) in [5.41, 5.74) is 0. The zero-order valence-electron chi connectivity index (χ0n) is 4.77. The summed E-state index contributed by atoms with van der Waals surface area (Å²) in [5.74, 6) is -10.2. The van der Waals surface area contributed by atoms with Gasteiger partial charge in [-0.15, -0.1) is 0 Å². The minimum absolute atomic E-state index is 0.185. The van der Waals surface area contributed by atoms with Crippen molar-refractivity contribution in [3.05, 3.63) is 0 Å². The van der Waals surface area contributed by atoms with Crippen molar-refractivity contribution >= 4 is 8.80 Å². The zero-order chi connectivity index (χ0) is 8.58. The van der Waals surface area contributed by atoms with Gasteiger partial charge in [-0.1, -0.05) is 6.55 Å². The maximum atomic E-state index is 11.3. The predicted molar refractivity (Wildman–Crippen MR) is 23.7 cm³/mol. The highest BCUT2D eigenvalue weighted by atomic mass is 28.3. The molecule has 0 amide bonds. The van der Waals surface area contributed by atoms with Crippen molar-refractivity contribution < 1.29 is 26.3 Å². The van der Waals surface area contributed by atoms with Gasteiger partial charge in [0.2, 0.25) is 0 Å². The third kappa shape index (κ3) is 2.59. The van der Waals surface area contributed by atoms with Gasteiger partial charge in [0.25, 0.3) is 0 Å².